The van der Waals surface area contributed by atoms with Gasteiger partial charge in [0.25, 0.3) is 0 Å². The number of rotatable bonds is 9. The molecule has 0 aromatic heterocycles. The van der Waals surface area contributed by atoms with E-state index in [2.05, 4.69) is 35.1 Å². The van der Waals surface area contributed by atoms with Crippen LogP contribution in [0.15, 0.2) is 22.7 Å². The second-order valence-corrected chi connectivity index (χ2v) is 5.79. The highest BCUT2D eigenvalue weighted by atomic mass is 79.9. The molecule has 0 radical (unpaired) electrons. The van der Waals surface area contributed by atoms with Crippen molar-refractivity contribution in [3.8, 4) is 0 Å². The first kappa shape index (κ1) is 16.6. The molecule has 0 aliphatic heterocycles. The van der Waals surface area contributed by atoms with Gasteiger partial charge in [-0.2, -0.15) is 0 Å². The molecule has 1 atom stereocenters. The van der Waals surface area contributed by atoms with E-state index in [9.17, 15) is 4.39 Å². The highest BCUT2D eigenvalue weighted by molar-refractivity contribution is 9.10. The van der Waals surface area contributed by atoms with Crippen molar-refractivity contribution < 1.29 is 4.39 Å². The molecule has 3 heteroatoms. The second-order valence-electron chi connectivity index (χ2n) is 5.00. The van der Waals surface area contributed by atoms with Crippen LogP contribution in [0.1, 0.15) is 64.0 Å². The number of hydrogen-bond donors (Lipinski definition) is 1. The van der Waals surface area contributed by atoms with Gasteiger partial charge in [-0.25, -0.2) is 4.39 Å². The molecule has 0 aliphatic rings. The van der Waals surface area contributed by atoms with Gasteiger partial charge in [0.2, 0.25) is 0 Å². The summed E-state index contributed by atoms with van der Waals surface area (Å²) in [6, 6.07) is 5.56. The zero-order valence-corrected chi connectivity index (χ0v) is 13.6. The summed E-state index contributed by atoms with van der Waals surface area (Å²) >= 11 is 3.38. The number of halogens is 2. The predicted molar refractivity (Wildman–Crippen MR) is 83.9 cm³/mol. The number of hydrogen-bond acceptors (Lipinski definition) is 1. The number of unbranched alkanes of at least 4 members (excludes halogenated alkanes) is 3. The summed E-state index contributed by atoms with van der Waals surface area (Å²) < 4.78 is 14.2. The summed E-state index contributed by atoms with van der Waals surface area (Å²) in [5, 5.41) is 3.53. The molecule has 1 rings (SSSR count). The van der Waals surface area contributed by atoms with E-state index in [1.165, 1.54) is 31.7 Å². The zero-order chi connectivity index (χ0) is 14.1. The minimum Gasteiger partial charge on any atom is -0.310 e. The van der Waals surface area contributed by atoms with Crippen LogP contribution in [0.3, 0.4) is 0 Å². The first-order valence-corrected chi connectivity index (χ1v) is 8.17. The van der Waals surface area contributed by atoms with Gasteiger partial charge in [0.15, 0.2) is 0 Å². The summed E-state index contributed by atoms with van der Waals surface area (Å²) in [4.78, 5) is 0. The summed E-state index contributed by atoms with van der Waals surface area (Å²) in [5.74, 6) is -0.172. The third kappa shape index (κ3) is 5.62. The lowest BCUT2D eigenvalue weighted by Gasteiger charge is -2.20. The average Bonchev–Trinajstić information content (AvgIpc) is 2.42. The Labute approximate surface area is 125 Å². The van der Waals surface area contributed by atoms with Crippen molar-refractivity contribution in [2.24, 2.45) is 0 Å². The molecule has 1 nitrogen and oxygen atoms in total. The maximum atomic E-state index is 13.6. The standard InChI is InChI=1S/C16H25BrFN/c1-3-5-6-7-11-15(19-12-4-2)13-9-8-10-14(18)16(13)17/h8-10,15,19H,3-7,11-12H2,1-2H3. The Morgan fingerprint density at radius 3 is 2.63 bits per heavy atom. The monoisotopic (exact) mass is 329 g/mol. The van der Waals surface area contributed by atoms with E-state index in [1.807, 2.05) is 6.07 Å². The van der Waals surface area contributed by atoms with Crippen LogP contribution in [0.2, 0.25) is 0 Å². The van der Waals surface area contributed by atoms with Crippen molar-refractivity contribution >= 4 is 15.9 Å². The minimum absolute atomic E-state index is 0.172. The van der Waals surface area contributed by atoms with Crippen LogP contribution in [0.5, 0.6) is 0 Å². The Balaban J connectivity index is 2.69. The largest absolute Gasteiger partial charge is 0.310 e. The molecule has 0 saturated heterocycles. The van der Waals surface area contributed by atoms with Gasteiger partial charge in [-0.15, -0.1) is 0 Å². The van der Waals surface area contributed by atoms with Crippen molar-refractivity contribution in [3.05, 3.63) is 34.1 Å². The van der Waals surface area contributed by atoms with Crippen LogP contribution in [-0.4, -0.2) is 6.54 Å². The Morgan fingerprint density at radius 2 is 1.95 bits per heavy atom. The van der Waals surface area contributed by atoms with Crippen molar-refractivity contribution in [2.75, 3.05) is 6.54 Å². The molecule has 1 unspecified atom stereocenters. The van der Waals surface area contributed by atoms with Gasteiger partial charge < -0.3 is 5.32 Å². The lowest BCUT2D eigenvalue weighted by atomic mass is 9.99. The first-order valence-electron chi connectivity index (χ1n) is 7.38. The number of nitrogens with one attached hydrogen (secondary N) is 1. The molecule has 108 valence electrons. The summed E-state index contributed by atoms with van der Waals surface area (Å²) in [5.41, 5.74) is 1.05. The van der Waals surface area contributed by atoms with Crippen molar-refractivity contribution in [3.63, 3.8) is 0 Å². The average molecular weight is 330 g/mol. The molecule has 1 aromatic carbocycles. The normalized spacial score (nSPS) is 12.6. The van der Waals surface area contributed by atoms with E-state index in [1.54, 1.807) is 6.07 Å². The lowest BCUT2D eigenvalue weighted by molar-refractivity contribution is 0.466. The Hall–Kier alpha value is -0.410. The van der Waals surface area contributed by atoms with Crippen LogP contribution in [0, 0.1) is 5.82 Å². The van der Waals surface area contributed by atoms with Crippen molar-refractivity contribution in [1.82, 2.24) is 5.32 Å². The SMILES string of the molecule is CCCCCCC(NCCC)c1cccc(F)c1Br. The topological polar surface area (TPSA) is 12.0 Å². The van der Waals surface area contributed by atoms with Gasteiger partial charge in [-0.05, 0) is 46.9 Å². The highest BCUT2D eigenvalue weighted by Crippen LogP contribution is 2.29. The molecule has 1 aromatic rings. The van der Waals surface area contributed by atoms with Crippen LogP contribution in [0.4, 0.5) is 4.39 Å². The third-order valence-electron chi connectivity index (χ3n) is 3.34. The van der Waals surface area contributed by atoms with Crippen LogP contribution >= 0.6 is 15.9 Å². The van der Waals surface area contributed by atoms with Crippen molar-refractivity contribution in [1.29, 1.82) is 0 Å². The Kier molecular flexibility index (Phi) is 8.31. The minimum atomic E-state index is -0.172. The van der Waals surface area contributed by atoms with Gasteiger partial charge in [0.1, 0.15) is 5.82 Å². The van der Waals surface area contributed by atoms with E-state index in [4.69, 9.17) is 0 Å². The van der Waals surface area contributed by atoms with Gasteiger partial charge in [-0.3, -0.25) is 0 Å². The van der Waals surface area contributed by atoms with E-state index in [0.29, 0.717) is 4.47 Å². The lowest BCUT2D eigenvalue weighted by Crippen LogP contribution is -2.22. The predicted octanol–water partition coefficient (Wildman–Crippen LogP) is 5.60. The molecule has 0 heterocycles. The molecule has 1 N–H and O–H groups in total. The Morgan fingerprint density at radius 1 is 1.16 bits per heavy atom. The van der Waals surface area contributed by atoms with Crippen LogP contribution < -0.4 is 5.32 Å². The molecule has 0 amide bonds. The fourth-order valence-corrected chi connectivity index (χ4v) is 2.79. The van der Waals surface area contributed by atoms with Gasteiger partial charge in [0, 0.05) is 6.04 Å². The van der Waals surface area contributed by atoms with Crippen molar-refractivity contribution in [2.45, 2.75) is 58.4 Å². The van der Waals surface area contributed by atoms with Crippen LogP contribution in [0.25, 0.3) is 0 Å². The molecule has 0 spiro atoms. The molecular formula is C16H25BrFN. The zero-order valence-electron chi connectivity index (χ0n) is 12.0. The highest BCUT2D eigenvalue weighted by Gasteiger charge is 2.15. The Bertz CT molecular complexity index is 368. The summed E-state index contributed by atoms with van der Waals surface area (Å²) in [6.07, 6.45) is 7.15. The summed E-state index contributed by atoms with van der Waals surface area (Å²) in [6.45, 7) is 5.35. The fourth-order valence-electron chi connectivity index (χ4n) is 2.25. The van der Waals surface area contributed by atoms with E-state index < -0.39 is 0 Å². The van der Waals surface area contributed by atoms with Gasteiger partial charge in [-0.1, -0.05) is 51.7 Å². The van der Waals surface area contributed by atoms with Gasteiger partial charge >= 0.3 is 0 Å². The molecule has 0 aliphatic carbocycles. The van der Waals surface area contributed by atoms with Crippen LogP contribution in [-0.2, 0) is 0 Å². The number of benzene rings is 1. The molecule has 0 bridgehead atoms. The van der Waals surface area contributed by atoms with E-state index in [-0.39, 0.29) is 11.9 Å². The maximum Gasteiger partial charge on any atom is 0.137 e. The molecule has 0 fully saturated rings. The molecule has 19 heavy (non-hydrogen) atoms. The fraction of sp³-hybridized carbons (Fsp3) is 0.625. The summed E-state index contributed by atoms with van der Waals surface area (Å²) in [7, 11) is 0. The third-order valence-corrected chi connectivity index (χ3v) is 4.18. The quantitative estimate of drug-likeness (QED) is 0.581. The van der Waals surface area contributed by atoms with E-state index >= 15 is 0 Å². The smallest absolute Gasteiger partial charge is 0.137 e. The second kappa shape index (κ2) is 9.49. The van der Waals surface area contributed by atoms with Gasteiger partial charge in [0.05, 0.1) is 4.47 Å². The van der Waals surface area contributed by atoms with E-state index in [0.717, 1.165) is 24.9 Å². The molecular weight excluding hydrogens is 305 g/mol. The maximum absolute atomic E-state index is 13.6. The molecule has 0 saturated carbocycles. The first-order chi connectivity index (χ1) is 9.20.